The fourth-order valence-electron chi connectivity index (χ4n) is 3.38. The SMILES string of the molecule is CC(=O)n1c2c(c3ccccc31)OC(=O)CC2c1ccc(Cl)cc1. The van der Waals surface area contributed by atoms with E-state index in [9.17, 15) is 9.59 Å². The summed E-state index contributed by atoms with van der Waals surface area (Å²) in [6, 6.07) is 14.8. The summed E-state index contributed by atoms with van der Waals surface area (Å²) in [6.45, 7) is 1.52. The number of ether oxygens (including phenoxy) is 1. The number of carbonyl (C=O) groups is 2. The molecule has 4 rings (SSSR count). The van der Waals surface area contributed by atoms with Gasteiger partial charge in [0.05, 0.1) is 17.6 Å². The molecule has 5 heteroatoms. The second-order valence-electron chi connectivity index (χ2n) is 5.87. The molecule has 24 heavy (non-hydrogen) atoms. The van der Waals surface area contributed by atoms with E-state index in [0.717, 1.165) is 22.2 Å². The predicted octanol–water partition coefficient (Wildman–Crippen LogP) is 4.40. The van der Waals surface area contributed by atoms with E-state index in [1.54, 1.807) is 16.7 Å². The first kappa shape index (κ1) is 15.0. The molecule has 0 aliphatic carbocycles. The molecule has 1 aromatic heterocycles. The lowest BCUT2D eigenvalue weighted by Gasteiger charge is -2.24. The normalized spacial score (nSPS) is 16.8. The fraction of sp³-hybridized carbons (Fsp3) is 0.158. The average Bonchev–Trinajstić information content (AvgIpc) is 2.89. The van der Waals surface area contributed by atoms with Crippen molar-refractivity contribution < 1.29 is 14.3 Å². The molecule has 0 saturated heterocycles. The second-order valence-corrected chi connectivity index (χ2v) is 6.30. The Balaban J connectivity index is 2.03. The quantitative estimate of drug-likeness (QED) is 0.617. The van der Waals surface area contributed by atoms with Crippen LogP contribution in [0.5, 0.6) is 5.75 Å². The Hall–Kier alpha value is -2.59. The Kier molecular flexibility index (Phi) is 3.43. The number of halogens is 1. The third-order valence-electron chi connectivity index (χ3n) is 4.37. The van der Waals surface area contributed by atoms with E-state index in [1.165, 1.54) is 6.92 Å². The summed E-state index contributed by atoms with van der Waals surface area (Å²) in [5.41, 5.74) is 2.41. The first-order chi connectivity index (χ1) is 11.6. The zero-order valence-electron chi connectivity index (χ0n) is 13.0. The average molecular weight is 340 g/mol. The van der Waals surface area contributed by atoms with Gasteiger partial charge in [-0.25, -0.2) is 0 Å². The Morgan fingerprint density at radius 2 is 1.88 bits per heavy atom. The molecule has 1 unspecified atom stereocenters. The van der Waals surface area contributed by atoms with Crippen LogP contribution in [0.2, 0.25) is 5.02 Å². The lowest BCUT2D eigenvalue weighted by atomic mass is 9.90. The molecule has 0 amide bonds. The van der Waals surface area contributed by atoms with Crippen LogP contribution in [-0.2, 0) is 4.79 Å². The van der Waals surface area contributed by atoms with E-state index >= 15 is 0 Å². The summed E-state index contributed by atoms with van der Waals surface area (Å²) < 4.78 is 7.16. The molecule has 4 nitrogen and oxygen atoms in total. The maximum atomic E-state index is 12.3. The summed E-state index contributed by atoms with van der Waals surface area (Å²) in [5, 5.41) is 1.40. The maximum Gasteiger partial charge on any atom is 0.312 e. The van der Waals surface area contributed by atoms with Crippen LogP contribution in [0.1, 0.15) is 35.3 Å². The summed E-state index contributed by atoms with van der Waals surface area (Å²) in [4.78, 5) is 24.5. The van der Waals surface area contributed by atoms with Gasteiger partial charge in [0.15, 0.2) is 5.75 Å². The summed E-state index contributed by atoms with van der Waals surface area (Å²) in [5.74, 6) is -0.162. The van der Waals surface area contributed by atoms with Gasteiger partial charge < -0.3 is 4.74 Å². The third kappa shape index (κ3) is 2.22. The van der Waals surface area contributed by atoms with Crippen molar-refractivity contribution in [2.24, 2.45) is 0 Å². The molecule has 120 valence electrons. The number of esters is 1. The van der Waals surface area contributed by atoms with Crippen LogP contribution in [0.25, 0.3) is 10.9 Å². The minimum Gasteiger partial charge on any atom is -0.424 e. The Bertz CT molecular complexity index is 972. The number of hydrogen-bond acceptors (Lipinski definition) is 3. The Morgan fingerprint density at radius 1 is 1.17 bits per heavy atom. The van der Waals surface area contributed by atoms with Gasteiger partial charge in [0, 0.05) is 23.3 Å². The summed E-state index contributed by atoms with van der Waals surface area (Å²) >= 11 is 5.97. The lowest BCUT2D eigenvalue weighted by molar-refractivity contribution is -0.135. The number of para-hydroxylation sites is 1. The highest BCUT2D eigenvalue weighted by atomic mass is 35.5. The Labute approximate surface area is 143 Å². The van der Waals surface area contributed by atoms with E-state index in [4.69, 9.17) is 16.3 Å². The molecule has 3 aromatic rings. The van der Waals surface area contributed by atoms with E-state index in [1.807, 2.05) is 36.4 Å². The summed E-state index contributed by atoms with van der Waals surface area (Å²) in [6.07, 6.45) is 0.193. The van der Waals surface area contributed by atoms with Crippen molar-refractivity contribution in [3.8, 4) is 5.75 Å². The van der Waals surface area contributed by atoms with Gasteiger partial charge in [0.25, 0.3) is 0 Å². The lowest BCUT2D eigenvalue weighted by Crippen LogP contribution is -2.24. The second kappa shape index (κ2) is 5.49. The molecule has 0 fully saturated rings. The minimum atomic E-state index is -0.297. The Morgan fingerprint density at radius 3 is 2.58 bits per heavy atom. The van der Waals surface area contributed by atoms with Gasteiger partial charge in [0.2, 0.25) is 5.91 Å². The topological polar surface area (TPSA) is 48.3 Å². The maximum absolute atomic E-state index is 12.3. The number of hydrogen-bond donors (Lipinski definition) is 0. The van der Waals surface area contributed by atoms with E-state index < -0.39 is 0 Å². The van der Waals surface area contributed by atoms with Gasteiger partial charge in [-0.15, -0.1) is 0 Å². The van der Waals surface area contributed by atoms with Gasteiger partial charge in [-0.2, -0.15) is 0 Å². The molecule has 2 heterocycles. The van der Waals surface area contributed by atoms with Gasteiger partial charge >= 0.3 is 5.97 Å². The van der Waals surface area contributed by atoms with Gasteiger partial charge in [-0.3, -0.25) is 14.2 Å². The van der Waals surface area contributed by atoms with Crippen molar-refractivity contribution in [3.63, 3.8) is 0 Å². The number of aromatic nitrogens is 1. The van der Waals surface area contributed by atoms with Crippen LogP contribution < -0.4 is 4.74 Å². The van der Waals surface area contributed by atoms with Crippen LogP contribution in [0, 0.1) is 0 Å². The molecule has 0 saturated carbocycles. The molecule has 1 atom stereocenters. The van der Waals surface area contributed by atoms with E-state index in [-0.39, 0.29) is 24.2 Å². The zero-order chi connectivity index (χ0) is 16.8. The van der Waals surface area contributed by atoms with E-state index in [0.29, 0.717) is 10.8 Å². The highest BCUT2D eigenvalue weighted by Gasteiger charge is 2.35. The number of carbonyl (C=O) groups excluding carboxylic acids is 2. The van der Waals surface area contributed by atoms with Crippen LogP contribution in [0.15, 0.2) is 48.5 Å². The highest BCUT2D eigenvalue weighted by molar-refractivity contribution is 6.30. The zero-order valence-corrected chi connectivity index (χ0v) is 13.7. The van der Waals surface area contributed by atoms with Crippen molar-refractivity contribution in [2.45, 2.75) is 19.3 Å². The number of fused-ring (bicyclic) bond motifs is 3. The number of nitrogens with zero attached hydrogens (tertiary/aromatic N) is 1. The first-order valence-corrected chi connectivity index (χ1v) is 8.04. The first-order valence-electron chi connectivity index (χ1n) is 7.66. The largest absolute Gasteiger partial charge is 0.424 e. The van der Waals surface area contributed by atoms with Crippen LogP contribution >= 0.6 is 11.6 Å². The molecule has 0 spiro atoms. The van der Waals surface area contributed by atoms with Crippen LogP contribution in [0.4, 0.5) is 0 Å². The number of benzene rings is 2. The van der Waals surface area contributed by atoms with Crippen LogP contribution in [-0.4, -0.2) is 16.4 Å². The molecule has 0 bridgehead atoms. The fourth-order valence-corrected chi connectivity index (χ4v) is 3.51. The van der Waals surface area contributed by atoms with Crippen molar-refractivity contribution in [1.82, 2.24) is 4.57 Å². The molecule has 0 N–H and O–H groups in total. The van der Waals surface area contributed by atoms with Gasteiger partial charge in [-0.05, 0) is 29.8 Å². The summed E-state index contributed by atoms with van der Waals surface area (Å²) in [7, 11) is 0. The van der Waals surface area contributed by atoms with Crippen molar-refractivity contribution in [3.05, 3.63) is 64.8 Å². The third-order valence-corrected chi connectivity index (χ3v) is 4.62. The van der Waals surface area contributed by atoms with Crippen LogP contribution in [0.3, 0.4) is 0 Å². The van der Waals surface area contributed by atoms with E-state index in [2.05, 4.69) is 0 Å². The van der Waals surface area contributed by atoms with Gasteiger partial charge in [0.1, 0.15) is 0 Å². The standard InChI is InChI=1S/C19H14ClNO3/c1-11(22)21-16-5-3-2-4-14(16)19-18(21)15(10-17(23)24-19)12-6-8-13(20)9-7-12/h2-9,15H,10H2,1H3. The smallest absolute Gasteiger partial charge is 0.312 e. The molecule has 1 aliphatic rings. The molecule has 0 radical (unpaired) electrons. The van der Waals surface area contributed by atoms with Crippen molar-refractivity contribution in [1.29, 1.82) is 0 Å². The molecular formula is C19H14ClNO3. The molecule has 2 aromatic carbocycles. The van der Waals surface area contributed by atoms with Gasteiger partial charge in [-0.1, -0.05) is 35.9 Å². The monoisotopic (exact) mass is 339 g/mol. The molecular weight excluding hydrogens is 326 g/mol. The molecule has 1 aliphatic heterocycles. The van der Waals surface area contributed by atoms with Crippen molar-refractivity contribution in [2.75, 3.05) is 0 Å². The highest BCUT2D eigenvalue weighted by Crippen LogP contribution is 2.45. The minimum absolute atomic E-state index is 0.107. The van der Waals surface area contributed by atoms with Crippen molar-refractivity contribution >= 4 is 34.4 Å². The predicted molar refractivity (Wildman–Crippen MR) is 91.8 cm³/mol. The number of rotatable bonds is 1.